The molecule has 0 fully saturated rings. The summed E-state index contributed by atoms with van der Waals surface area (Å²) in [6, 6.07) is 0. The number of thiophene rings is 1. The van der Waals surface area contributed by atoms with Gasteiger partial charge >= 0.3 is 0 Å². The van der Waals surface area contributed by atoms with E-state index in [0.29, 0.717) is 18.1 Å². The second-order valence-electron chi connectivity index (χ2n) is 6.83. The number of carbonyl (C=O) groups excluding carboxylic acids is 1. The number of thiazole rings is 1. The van der Waals surface area contributed by atoms with E-state index in [2.05, 4.69) is 27.2 Å². The molecule has 0 bridgehead atoms. The van der Waals surface area contributed by atoms with E-state index in [9.17, 15) is 9.59 Å². The zero-order chi connectivity index (χ0) is 18.8. The summed E-state index contributed by atoms with van der Waals surface area (Å²) in [5, 5.41) is 6.48. The summed E-state index contributed by atoms with van der Waals surface area (Å²) in [7, 11) is 0. The Morgan fingerprint density at radius 1 is 1.26 bits per heavy atom. The highest BCUT2D eigenvalue weighted by molar-refractivity contribution is 7.18. The van der Waals surface area contributed by atoms with Crippen molar-refractivity contribution in [2.75, 3.05) is 5.32 Å². The largest absolute Gasteiger partial charge is 0.310 e. The summed E-state index contributed by atoms with van der Waals surface area (Å²) in [5.74, 6) is 1.07. The van der Waals surface area contributed by atoms with Crippen LogP contribution in [0.3, 0.4) is 0 Å². The second-order valence-corrected chi connectivity index (χ2v) is 8.85. The van der Waals surface area contributed by atoms with E-state index in [-0.39, 0.29) is 17.9 Å². The predicted octanol–water partition coefficient (Wildman–Crippen LogP) is 3.84. The molecular formula is C19H22N4O2S2. The first-order valence-corrected chi connectivity index (χ1v) is 11.1. The average molecular weight is 403 g/mol. The lowest BCUT2D eigenvalue weighted by Gasteiger charge is -2.09. The Morgan fingerprint density at radius 2 is 2.11 bits per heavy atom. The van der Waals surface area contributed by atoms with Crippen LogP contribution in [0.15, 0.2) is 10.2 Å². The minimum atomic E-state index is -0.114. The Morgan fingerprint density at radius 3 is 2.96 bits per heavy atom. The van der Waals surface area contributed by atoms with E-state index < -0.39 is 0 Å². The number of H-pyrrole nitrogens is 1. The highest BCUT2D eigenvalue weighted by Gasteiger charge is 2.20. The second kappa shape index (κ2) is 7.90. The first-order valence-electron chi connectivity index (χ1n) is 9.41. The first kappa shape index (κ1) is 18.3. The summed E-state index contributed by atoms with van der Waals surface area (Å²) in [4.78, 5) is 38.7. The summed E-state index contributed by atoms with van der Waals surface area (Å²) in [6.45, 7) is 2.11. The quantitative estimate of drug-likeness (QED) is 0.656. The highest BCUT2D eigenvalue weighted by Crippen LogP contribution is 2.33. The molecule has 1 amide bonds. The first-order chi connectivity index (χ1) is 13.1. The normalized spacial score (nSPS) is 13.7. The Labute approximate surface area is 165 Å². The van der Waals surface area contributed by atoms with Gasteiger partial charge in [-0.3, -0.25) is 9.59 Å². The lowest BCUT2D eigenvalue weighted by Crippen LogP contribution is -2.16. The van der Waals surface area contributed by atoms with Gasteiger partial charge in [0.2, 0.25) is 5.91 Å². The van der Waals surface area contributed by atoms with Crippen molar-refractivity contribution in [3.8, 4) is 0 Å². The van der Waals surface area contributed by atoms with Crippen molar-refractivity contribution in [1.29, 1.82) is 0 Å². The third kappa shape index (κ3) is 3.96. The number of amides is 1. The number of aryl methyl sites for hydroxylation is 4. The lowest BCUT2D eigenvalue weighted by molar-refractivity contribution is -0.116. The summed E-state index contributed by atoms with van der Waals surface area (Å²) < 4.78 is 0. The lowest BCUT2D eigenvalue weighted by atomic mass is 9.97. The molecule has 6 nitrogen and oxygen atoms in total. The van der Waals surface area contributed by atoms with E-state index in [1.807, 2.05) is 5.38 Å². The van der Waals surface area contributed by atoms with Crippen LogP contribution >= 0.6 is 22.7 Å². The molecule has 0 saturated heterocycles. The van der Waals surface area contributed by atoms with Crippen LogP contribution in [0.5, 0.6) is 0 Å². The van der Waals surface area contributed by atoms with Crippen LogP contribution in [-0.2, 0) is 30.5 Å². The van der Waals surface area contributed by atoms with Crippen LogP contribution in [-0.4, -0.2) is 20.9 Å². The number of rotatable bonds is 6. The number of aromatic amines is 1. The van der Waals surface area contributed by atoms with Crippen molar-refractivity contribution < 1.29 is 4.79 Å². The molecule has 4 rings (SSSR count). The number of nitrogens with zero attached hydrogens (tertiary/aromatic N) is 2. The van der Waals surface area contributed by atoms with Gasteiger partial charge in [0.15, 0.2) is 0 Å². The third-order valence-corrected chi connectivity index (χ3v) is 6.84. The molecule has 0 unspecified atom stereocenters. The zero-order valence-electron chi connectivity index (χ0n) is 15.3. The van der Waals surface area contributed by atoms with Gasteiger partial charge in [-0.15, -0.1) is 22.7 Å². The van der Waals surface area contributed by atoms with Crippen molar-refractivity contribution in [3.63, 3.8) is 0 Å². The van der Waals surface area contributed by atoms with Gasteiger partial charge in [0.05, 0.1) is 10.4 Å². The number of anilines is 1. The summed E-state index contributed by atoms with van der Waals surface area (Å²) in [6.07, 6.45) is 6.96. The highest BCUT2D eigenvalue weighted by atomic mass is 32.1. The van der Waals surface area contributed by atoms with Crippen molar-refractivity contribution in [3.05, 3.63) is 37.0 Å². The van der Waals surface area contributed by atoms with Crippen LogP contribution in [0.1, 0.15) is 53.9 Å². The van der Waals surface area contributed by atoms with E-state index in [4.69, 9.17) is 0 Å². The molecule has 3 aromatic heterocycles. The van der Waals surface area contributed by atoms with E-state index in [0.717, 1.165) is 47.3 Å². The molecule has 3 aromatic rings. The number of aromatic nitrogens is 3. The molecule has 3 heterocycles. The van der Waals surface area contributed by atoms with Crippen LogP contribution in [0.4, 0.5) is 5.82 Å². The smallest absolute Gasteiger partial charge is 0.259 e. The van der Waals surface area contributed by atoms with Gasteiger partial charge < -0.3 is 10.3 Å². The molecule has 1 aliphatic carbocycles. The van der Waals surface area contributed by atoms with Crippen molar-refractivity contribution in [1.82, 2.24) is 15.0 Å². The van der Waals surface area contributed by atoms with Gasteiger partial charge in [0, 0.05) is 23.1 Å². The van der Waals surface area contributed by atoms with E-state index >= 15 is 0 Å². The molecule has 0 aliphatic heterocycles. The SMILES string of the molecule is CCCc1nc(NC(=O)CCc2nc3sc4c(c3c(=O)[nH]2)CCCC4)cs1. The molecular weight excluding hydrogens is 380 g/mol. The Kier molecular flexibility index (Phi) is 5.36. The number of hydrogen-bond donors (Lipinski definition) is 2. The van der Waals surface area contributed by atoms with E-state index in [1.165, 1.54) is 16.9 Å². The number of fused-ring (bicyclic) bond motifs is 3. The van der Waals surface area contributed by atoms with Gasteiger partial charge in [-0.1, -0.05) is 6.92 Å². The molecule has 0 radical (unpaired) electrons. The van der Waals surface area contributed by atoms with Crippen LogP contribution in [0.25, 0.3) is 10.2 Å². The van der Waals surface area contributed by atoms with Gasteiger partial charge in [-0.05, 0) is 44.1 Å². The van der Waals surface area contributed by atoms with Gasteiger partial charge in [-0.25, -0.2) is 9.97 Å². The fraction of sp³-hybridized carbons (Fsp3) is 0.474. The minimum Gasteiger partial charge on any atom is -0.310 e. The maximum Gasteiger partial charge on any atom is 0.259 e. The monoisotopic (exact) mass is 402 g/mol. The Balaban J connectivity index is 1.44. The molecule has 27 heavy (non-hydrogen) atoms. The molecule has 0 spiro atoms. The van der Waals surface area contributed by atoms with Crippen LogP contribution < -0.4 is 10.9 Å². The third-order valence-electron chi connectivity index (χ3n) is 4.75. The van der Waals surface area contributed by atoms with Gasteiger partial charge in [0.25, 0.3) is 5.56 Å². The minimum absolute atomic E-state index is 0.0708. The molecule has 0 aromatic carbocycles. The number of hydrogen-bond acceptors (Lipinski definition) is 6. The van der Waals surface area contributed by atoms with Crippen molar-refractivity contribution >= 4 is 44.6 Å². The van der Waals surface area contributed by atoms with Gasteiger partial charge in [-0.2, -0.15) is 0 Å². The maximum absolute atomic E-state index is 12.5. The topological polar surface area (TPSA) is 87.7 Å². The standard InChI is InChI=1S/C19H22N4O2S2/c1-2-5-16-21-14(10-26-16)20-15(24)9-8-13-22-18(25)17-11-6-3-4-7-12(11)27-19(17)23-13/h10H,2-9H2,1H3,(H,20,24)(H,22,23,25). The molecule has 0 atom stereocenters. The Bertz CT molecular complexity index is 1030. The maximum atomic E-state index is 12.5. The molecule has 1 aliphatic rings. The molecule has 0 saturated carbocycles. The summed E-state index contributed by atoms with van der Waals surface area (Å²) >= 11 is 3.19. The molecule has 2 N–H and O–H groups in total. The van der Waals surface area contributed by atoms with Crippen molar-refractivity contribution in [2.24, 2.45) is 0 Å². The van der Waals surface area contributed by atoms with E-state index in [1.54, 1.807) is 22.7 Å². The fourth-order valence-electron chi connectivity index (χ4n) is 3.46. The van der Waals surface area contributed by atoms with Crippen LogP contribution in [0, 0.1) is 0 Å². The predicted molar refractivity (Wildman–Crippen MR) is 110 cm³/mol. The fourth-order valence-corrected chi connectivity index (χ4v) is 5.57. The molecule has 142 valence electrons. The van der Waals surface area contributed by atoms with Crippen LogP contribution in [0.2, 0.25) is 0 Å². The van der Waals surface area contributed by atoms with Gasteiger partial charge in [0.1, 0.15) is 16.5 Å². The zero-order valence-corrected chi connectivity index (χ0v) is 16.9. The summed E-state index contributed by atoms with van der Waals surface area (Å²) in [5.41, 5.74) is 1.12. The Hall–Kier alpha value is -2.06. The number of nitrogens with one attached hydrogen (secondary N) is 2. The average Bonchev–Trinajstić information content (AvgIpc) is 3.24. The van der Waals surface area contributed by atoms with Crippen molar-refractivity contribution in [2.45, 2.75) is 58.3 Å². The molecule has 8 heteroatoms. The number of carbonyl (C=O) groups is 1.